The molecule has 2 aliphatic rings. The average Bonchev–Trinajstić information content (AvgIpc) is 3.54. The molecule has 0 aromatic carbocycles. The van der Waals surface area contributed by atoms with Crippen LogP contribution in [0.15, 0.2) is 5.38 Å². The molecular weight excluding hydrogens is 634 g/mol. The average molecular weight is 692 g/mol. The summed E-state index contributed by atoms with van der Waals surface area (Å²) in [5.74, 6) is -2.50. The van der Waals surface area contributed by atoms with E-state index >= 15 is 0 Å². The summed E-state index contributed by atoms with van der Waals surface area (Å²) in [5.41, 5.74) is 0.205. The Labute approximate surface area is 289 Å². The van der Waals surface area contributed by atoms with Crippen LogP contribution < -0.4 is 10.6 Å². The predicted molar refractivity (Wildman–Crippen MR) is 184 cm³/mol. The zero-order chi connectivity index (χ0) is 35.5. The molecule has 3 amide bonds. The second-order valence-corrected chi connectivity index (χ2v) is 15.0. The van der Waals surface area contributed by atoms with Gasteiger partial charge in [-0.15, -0.1) is 11.3 Å². The Hall–Kier alpha value is -3.06. The number of nitrogens with zero attached hydrogens (tertiary/aromatic N) is 3. The Morgan fingerprint density at radius 2 is 1.75 bits per heavy atom. The maximum absolute atomic E-state index is 14.1. The van der Waals surface area contributed by atoms with Crippen LogP contribution in [0.1, 0.15) is 127 Å². The first-order valence-electron chi connectivity index (χ1n) is 17.7. The summed E-state index contributed by atoms with van der Waals surface area (Å²) in [7, 11) is 1.73. The molecule has 13 heteroatoms. The van der Waals surface area contributed by atoms with Crippen molar-refractivity contribution >= 4 is 41.0 Å². The highest BCUT2D eigenvalue weighted by Crippen LogP contribution is 2.31. The van der Waals surface area contributed by atoms with E-state index in [-0.39, 0.29) is 65.7 Å². The summed E-state index contributed by atoms with van der Waals surface area (Å²) < 4.78 is 5.73. The van der Waals surface area contributed by atoms with Gasteiger partial charge in [-0.1, -0.05) is 47.5 Å². The summed E-state index contributed by atoms with van der Waals surface area (Å²) in [5, 5.41) is 17.4. The third-order valence-corrected chi connectivity index (χ3v) is 10.7. The molecule has 2 fully saturated rings. The molecule has 270 valence electrons. The van der Waals surface area contributed by atoms with Gasteiger partial charge >= 0.3 is 11.9 Å². The Morgan fingerprint density at radius 1 is 1.06 bits per heavy atom. The number of nitrogens with one attached hydrogen (secondary N) is 2. The lowest BCUT2D eigenvalue weighted by Crippen LogP contribution is -2.58. The van der Waals surface area contributed by atoms with Crippen molar-refractivity contribution in [3.63, 3.8) is 0 Å². The normalized spacial score (nSPS) is 22.1. The van der Waals surface area contributed by atoms with Gasteiger partial charge in [-0.25, -0.2) is 4.98 Å². The lowest BCUT2D eigenvalue weighted by Gasteiger charge is -2.38. The van der Waals surface area contributed by atoms with E-state index in [1.54, 1.807) is 17.3 Å². The van der Waals surface area contributed by atoms with Gasteiger partial charge in [0.2, 0.25) is 11.8 Å². The Balaban J connectivity index is 1.72. The van der Waals surface area contributed by atoms with Gasteiger partial charge in [-0.05, 0) is 69.9 Å². The van der Waals surface area contributed by atoms with Crippen LogP contribution in [0.5, 0.6) is 0 Å². The van der Waals surface area contributed by atoms with Crippen LogP contribution in [-0.2, 0) is 23.9 Å². The summed E-state index contributed by atoms with van der Waals surface area (Å²) in [6.45, 7) is 13.1. The zero-order valence-electron chi connectivity index (χ0n) is 29.8. The van der Waals surface area contributed by atoms with Crippen LogP contribution >= 0.6 is 11.3 Å². The van der Waals surface area contributed by atoms with Crippen molar-refractivity contribution in [2.75, 3.05) is 20.1 Å². The molecule has 0 radical (unpaired) electrons. The number of carbonyl (C=O) groups excluding carboxylic acids is 4. The second-order valence-electron chi connectivity index (χ2n) is 14.2. The van der Waals surface area contributed by atoms with Crippen molar-refractivity contribution in [1.29, 1.82) is 0 Å². The van der Waals surface area contributed by atoms with E-state index in [4.69, 9.17) is 4.74 Å². The van der Waals surface area contributed by atoms with Crippen molar-refractivity contribution < 1.29 is 33.8 Å². The monoisotopic (exact) mass is 691 g/mol. The van der Waals surface area contributed by atoms with Gasteiger partial charge in [-0.2, -0.15) is 0 Å². The highest BCUT2D eigenvalue weighted by atomic mass is 32.1. The molecule has 4 atom stereocenters. The molecule has 2 heterocycles. The van der Waals surface area contributed by atoms with Crippen LogP contribution in [0.4, 0.5) is 0 Å². The van der Waals surface area contributed by atoms with E-state index in [0.717, 1.165) is 45.2 Å². The number of unbranched alkanes of at least 4 members (excludes halogenated alkanes) is 1. The van der Waals surface area contributed by atoms with Crippen molar-refractivity contribution in [2.24, 2.45) is 17.8 Å². The molecular formula is C35H57N5O7S. The maximum Gasteiger partial charge on any atom is 0.306 e. The standard InChI is InChI=1S/C35H57N5O7S/c1-8-9-17-40-18-11-10-12-27(40)32(43)38-30(22(4)5)34(44)39(7)28(21(2)3)19-29(47-23(6)41)33-37-26(20-48-33)31(42)36-25-15-13-24(14-16-25)35(45)46/h20-22,24-25,27-30H,8-19H2,1-7H3,(H,36,42)(H,38,43)(H,45,46)/t24-,25-,27-,28-,29-,30+/m1/s1. The van der Waals surface area contributed by atoms with Crippen molar-refractivity contribution in [3.8, 4) is 0 Å². The predicted octanol–water partition coefficient (Wildman–Crippen LogP) is 4.79. The first kappa shape index (κ1) is 39.4. The van der Waals surface area contributed by atoms with Gasteiger partial charge in [0, 0.05) is 37.9 Å². The van der Waals surface area contributed by atoms with Gasteiger partial charge in [0.25, 0.3) is 5.91 Å². The molecule has 1 saturated carbocycles. The molecule has 48 heavy (non-hydrogen) atoms. The smallest absolute Gasteiger partial charge is 0.306 e. The second kappa shape index (κ2) is 18.6. The van der Waals surface area contributed by atoms with Crippen LogP contribution in [0.25, 0.3) is 0 Å². The number of piperidine rings is 1. The fraction of sp³-hybridized carbons (Fsp3) is 0.771. The number of likely N-dealkylation sites (N-methyl/N-ethyl adjacent to an activating group) is 1. The number of carbonyl (C=O) groups is 5. The molecule has 1 aromatic rings. The lowest BCUT2D eigenvalue weighted by atomic mass is 9.86. The largest absolute Gasteiger partial charge is 0.481 e. The fourth-order valence-corrected chi connectivity index (χ4v) is 7.68. The first-order valence-corrected chi connectivity index (χ1v) is 18.6. The molecule has 1 aliphatic carbocycles. The van der Waals surface area contributed by atoms with Crippen molar-refractivity contribution in [2.45, 2.75) is 136 Å². The van der Waals surface area contributed by atoms with E-state index in [1.165, 1.54) is 18.3 Å². The highest BCUT2D eigenvalue weighted by Gasteiger charge is 2.37. The number of hydrogen-bond acceptors (Lipinski definition) is 9. The Kier molecular flexibility index (Phi) is 15.3. The van der Waals surface area contributed by atoms with E-state index in [0.29, 0.717) is 30.7 Å². The summed E-state index contributed by atoms with van der Waals surface area (Å²) in [6, 6.07) is -1.44. The summed E-state index contributed by atoms with van der Waals surface area (Å²) in [4.78, 5) is 72.7. The molecule has 12 nitrogen and oxygen atoms in total. The number of rotatable bonds is 16. The topological polar surface area (TPSA) is 158 Å². The number of carboxylic acid groups (broad SMARTS) is 1. The molecule has 0 bridgehead atoms. The fourth-order valence-electron chi connectivity index (χ4n) is 6.84. The van der Waals surface area contributed by atoms with E-state index in [9.17, 15) is 29.1 Å². The third-order valence-electron chi connectivity index (χ3n) is 9.77. The molecule has 3 rings (SSSR count). The highest BCUT2D eigenvalue weighted by molar-refractivity contribution is 7.09. The molecule has 0 spiro atoms. The number of aliphatic carboxylic acids is 1. The molecule has 1 aromatic heterocycles. The van der Waals surface area contributed by atoms with Gasteiger partial charge in [0.05, 0.1) is 12.0 Å². The number of thiazole rings is 1. The minimum atomic E-state index is -0.800. The number of likely N-dealkylation sites (tertiary alicyclic amines) is 1. The minimum Gasteiger partial charge on any atom is -0.481 e. The van der Waals surface area contributed by atoms with Gasteiger partial charge in [0.15, 0.2) is 6.10 Å². The Bertz CT molecular complexity index is 1250. The molecule has 0 unspecified atom stereocenters. The number of esters is 1. The molecule has 1 aliphatic heterocycles. The lowest BCUT2D eigenvalue weighted by molar-refractivity contribution is -0.149. The van der Waals surface area contributed by atoms with Crippen LogP contribution in [0.3, 0.4) is 0 Å². The van der Waals surface area contributed by atoms with Crippen molar-refractivity contribution in [1.82, 2.24) is 25.4 Å². The number of amides is 3. The SMILES string of the molecule is CCCCN1CCCC[C@@H]1C(=O)N[C@H](C(=O)N(C)[C@H](C[C@@H](OC(C)=O)c1nc(C(=O)N[C@H]2CC[C@H](C(=O)O)CC2)cs1)C(C)C)C(C)C. The minimum absolute atomic E-state index is 0.0212. The number of ether oxygens (including phenoxy) is 1. The first-order chi connectivity index (χ1) is 22.7. The summed E-state index contributed by atoms with van der Waals surface area (Å²) in [6.07, 6.45) is 6.60. The van der Waals surface area contributed by atoms with Gasteiger partial charge < -0.3 is 25.4 Å². The number of carboxylic acids is 1. The maximum atomic E-state index is 14.1. The van der Waals surface area contributed by atoms with Crippen molar-refractivity contribution in [3.05, 3.63) is 16.1 Å². The number of hydrogen-bond donors (Lipinski definition) is 3. The van der Waals surface area contributed by atoms with Crippen LogP contribution in [-0.4, -0.2) is 93.9 Å². The van der Waals surface area contributed by atoms with E-state index in [2.05, 4.69) is 27.4 Å². The summed E-state index contributed by atoms with van der Waals surface area (Å²) >= 11 is 1.22. The Morgan fingerprint density at radius 3 is 2.33 bits per heavy atom. The zero-order valence-corrected chi connectivity index (χ0v) is 30.6. The quantitative estimate of drug-likeness (QED) is 0.207. The number of aromatic nitrogens is 1. The van der Waals surface area contributed by atoms with E-state index < -0.39 is 24.1 Å². The van der Waals surface area contributed by atoms with Gasteiger partial charge in [-0.3, -0.25) is 28.9 Å². The van der Waals surface area contributed by atoms with E-state index in [1.807, 2.05) is 27.7 Å². The third kappa shape index (κ3) is 11.0. The van der Waals surface area contributed by atoms with Gasteiger partial charge in [0.1, 0.15) is 16.7 Å². The molecule has 3 N–H and O–H groups in total. The van der Waals surface area contributed by atoms with Crippen LogP contribution in [0.2, 0.25) is 0 Å². The molecule has 1 saturated heterocycles. The van der Waals surface area contributed by atoms with Crippen LogP contribution in [0, 0.1) is 17.8 Å².